The van der Waals surface area contributed by atoms with Gasteiger partial charge in [0.15, 0.2) is 17.5 Å². The summed E-state index contributed by atoms with van der Waals surface area (Å²) in [5.41, 5.74) is 0.155. The Morgan fingerprint density at radius 3 is 2.25 bits per heavy atom. The minimum absolute atomic E-state index is 0.155. The van der Waals surface area contributed by atoms with E-state index >= 15 is 0 Å². The van der Waals surface area contributed by atoms with E-state index in [9.17, 15) is 18.3 Å². The molecule has 0 radical (unpaired) electrons. The van der Waals surface area contributed by atoms with Crippen LogP contribution in [0.15, 0.2) is 12.1 Å². The van der Waals surface area contributed by atoms with Crippen molar-refractivity contribution in [1.29, 1.82) is 0 Å². The molecule has 1 aliphatic rings. The maximum atomic E-state index is 12.9. The van der Waals surface area contributed by atoms with Gasteiger partial charge in [0, 0.05) is 17.8 Å². The van der Waals surface area contributed by atoms with Crippen molar-refractivity contribution in [2.45, 2.75) is 31.4 Å². The molecule has 1 aliphatic carbocycles. The monoisotopic (exact) mass is 231 g/mol. The quantitative estimate of drug-likeness (QED) is 0.766. The minimum Gasteiger partial charge on any atom is -0.391 e. The summed E-state index contributed by atoms with van der Waals surface area (Å²) in [4.78, 5) is 0. The summed E-state index contributed by atoms with van der Waals surface area (Å²) in [7, 11) is 0. The Labute approximate surface area is 91.1 Å². The second-order valence-corrected chi connectivity index (χ2v) is 4.00. The third-order valence-electron chi connectivity index (χ3n) is 2.82. The van der Waals surface area contributed by atoms with Gasteiger partial charge in [0.25, 0.3) is 0 Å². The van der Waals surface area contributed by atoms with Gasteiger partial charge in [-0.2, -0.15) is 0 Å². The molecule has 2 nitrogen and oxygen atoms in total. The molecule has 0 aliphatic heterocycles. The largest absolute Gasteiger partial charge is 0.391 e. The Kier molecular flexibility index (Phi) is 3.05. The fourth-order valence-electron chi connectivity index (χ4n) is 1.96. The van der Waals surface area contributed by atoms with Crippen LogP contribution in [-0.4, -0.2) is 17.3 Å². The Bertz CT molecular complexity index is 374. The number of nitrogens with one attached hydrogen (secondary N) is 1. The summed E-state index contributed by atoms with van der Waals surface area (Å²) in [5.74, 6) is -3.93. The molecule has 0 amide bonds. The van der Waals surface area contributed by atoms with Crippen LogP contribution in [0.5, 0.6) is 0 Å². The van der Waals surface area contributed by atoms with Gasteiger partial charge >= 0.3 is 0 Å². The van der Waals surface area contributed by atoms with Gasteiger partial charge in [-0.3, -0.25) is 0 Å². The molecule has 2 atom stereocenters. The van der Waals surface area contributed by atoms with Crippen molar-refractivity contribution in [3.8, 4) is 0 Å². The molecule has 2 rings (SSSR count). The molecule has 0 heterocycles. The average Bonchev–Trinajstić information content (AvgIpc) is 2.61. The smallest absolute Gasteiger partial charge is 0.194 e. The first kappa shape index (κ1) is 11.3. The summed E-state index contributed by atoms with van der Waals surface area (Å²) in [5, 5.41) is 12.3. The molecule has 0 spiro atoms. The highest BCUT2D eigenvalue weighted by Gasteiger charge is 2.25. The highest BCUT2D eigenvalue weighted by Crippen LogP contribution is 2.24. The fourth-order valence-corrected chi connectivity index (χ4v) is 1.96. The van der Waals surface area contributed by atoms with Gasteiger partial charge in [0.1, 0.15) is 0 Å². The maximum absolute atomic E-state index is 12.9. The Balaban J connectivity index is 2.15. The van der Waals surface area contributed by atoms with E-state index in [1.54, 1.807) is 0 Å². The third-order valence-corrected chi connectivity index (χ3v) is 2.82. The summed E-state index contributed by atoms with van der Waals surface area (Å²) in [6.45, 7) is 0. The first-order valence-corrected chi connectivity index (χ1v) is 5.17. The lowest BCUT2D eigenvalue weighted by Gasteiger charge is -2.17. The van der Waals surface area contributed by atoms with Crippen molar-refractivity contribution < 1.29 is 18.3 Å². The van der Waals surface area contributed by atoms with E-state index in [4.69, 9.17) is 0 Å². The van der Waals surface area contributed by atoms with E-state index in [0.29, 0.717) is 6.42 Å². The number of anilines is 1. The predicted molar refractivity (Wildman–Crippen MR) is 53.6 cm³/mol. The summed E-state index contributed by atoms with van der Waals surface area (Å²) >= 11 is 0. The number of hydrogen-bond acceptors (Lipinski definition) is 2. The molecule has 88 valence electrons. The number of hydrogen-bond donors (Lipinski definition) is 2. The molecule has 2 N–H and O–H groups in total. The van der Waals surface area contributed by atoms with E-state index in [0.717, 1.165) is 25.0 Å². The predicted octanol–water partition coefficient (Wildman–Crippen LogP) is 2.43. The van der Waals surface area contributed by atoms with Crippen LogP contribution < -0.4 is 5.32 Å². The van der Waals surface area contributed by atoms with Crippen molar-refractivity contribution >= 4 is 5.69 Å². The van der Waals surface area contributed by atoms with Gasteiger partial charge in [-0.05, 0) is 19.3 Å². The Morgan fingerprint density at radius 2 is 1.75 bits per heavy atom. The highest BCUT2D eigenvalue weighted by atomic mass is 19.2. The van der Waals surface area contributed by atoms with Crippen molar-refractivity contribution in [2.24, 2.45) is 0 Å². The summed E-state index contributed by atoms with van der Waals surface area (Å²) in [6, 6.07) is 1.57. The number of halogens is 3. The van der Waals surface area contributed by atoms with Crippen LogP contribution in [0, 0.1) is 17.5 Å². The second-order valence-electron chi connectivity index (χ2n) is 4.00. The van der Waals surface area contributed by atoms with Gasteiger partial charge < -0.3 is 10.4 Å². The van der Waals surface area contributed by atoms with Crippen molar-refractivity contribution in [2.75, 3.05) is 5.32 Å². The van der Waals surface area contributed by atoms with Crippen LogP contribution >= 0.6 is 0 Å². The van der Waals surface area contributed by atoms with Crippen LogP contribution in [0.3, 0.4) is 0 Å². The lowest BCUT2D eigenvalue weighted by molar-refractivity contribution is 0.172. The highest BCUT2D eigenvalue weighted by molar-refractivity contribution is 5.45. The van der Waals surface area contributed by atoms with E-state index in [-0.39, 0.29) is 11.7 Å². The topological polar surface area (TPSA) is 32.3 Å². The van der Waals surface area contributed by atoms with Crippen LogP contribution in [0.4, 0.5) is 18.9 Å². The molecule has 0 aromatic heterocycles. The zero-order chi connectivity index (χ0) is 11.7. The molecule has 5 heteroatoms. The van der Waals surface area contributed by atoms with Crippen LogP contribution in [0.25, 0.3) is 0 Å². The van der Waals surface area contributed by atoms with Gasteiger partial charge in [-0.1, -0.05) is 0 Å². The average molecular weight is 231 g/mol. The lowest BCUT2D eigenvalue weighted by Crippen LogP contribution is -2.28. The Morgan fingerprint density at radius 1 is 1.12 bits per heavy atom. The Hall–Kier alpha value is -1.23. The SMILES string of the molecule is O[C@H]1CCC[C@@H]1Nc1cc(F)c(F)c(F)c1. The number of aliphatic hydroxyl groups excluding tert-OH is 1. The van der Waals surface area contributed by atoms with Crippen molar-refractivity contribution in [3.63, 3.8) is 0 Å². The minimum atomic E-state index is -1.47. The van der Waals surface area contributed by atoms with Crippen molar-refractivity contribution in [1.82, 2.24) is 0 Å². The zero-order valence-electron chi connectivity index (χ0n) is 8.51. The van der Waals surface area contributed by atoms with Crippen LogP contribution in [-0.2, 0) is 0 Å². The van der Waals surface area contributed by atoms with E-state index in [1.165, 1.54) is 0 Å². The molecule has 0 saturated heterocycles. The van der Waals surface area contributed by atoms with E-state index < -0.39 is 23.6 Å². The van der Waals surface area contributed by atoms with Gasteiger partial charge in [-0.25, -0.2) is 13.2 Å². The third kappa shape index (κ3) is 2.14. The molecule has 1 aromatic rings. The van der Waals surface area contributed by atoms with E-state index in [2.05, 4.69) is 5.32 Å². The first-order valence-electron chi connectivity index (χ1n) is 5.17. The van der Waals surface area contributed by atoms with E-state index in [1.807, 2.05) is 0 Å². The summed E-state index contributed by atoms with van der Waals surface area (Å²) < 4.78 is 38.5. The number of rotatable bonds is 2. The van der Waals surface area contributed by atoms with Crippen molar-refractivity contribution in [3.05, 3.63) is 29.6 Å². The molecule has 1 fully saturated rings. The molecule has 1 saturated carbocycles. The first-order chi connectivity index (χ1) is 7.58. The van der Waals surface area contributed by atoms with Gasteiger partial charge in [0.2, 0.25) is 0 Å². The zero-order valence-corrected chi connectivity index (χ0v) is 8.51. The lowest BCUT2D eigenvalue weighted by atomic mass is 10.2. The fraction of sp³-hybridized carbons (Fsp3) is 0.455. The van der Waals surface area contributed by atoms with Gasteiger partial charge in [-0.15, -0.1) is 0 Å². The normalized spacial score (nSPS) is 24.8. The molecular formula is C11H12F3NO. The van der Waals surface area contributed by atoms with Gasteiger partial charge in [0.05, 0.1) is 12.1 Å². The molecular weight excluding hydrogens is 219 g/mol. The molecule has 0 bridgehead atoms. The second kappa shape index (κ2) is 4.33. The molecule has 1 aromatic carbocycles. The number of benzene rings is 1. The maximum Gasteiger partial charge on any atom is 0.194 e. The molecule has 0 unspecified atom stereocenters. The standard InChI is InChI=1S/C11H12F3NO/c12-7-4-6(5-8(13)11(7)14)15-9-2-1-3-10(9)16/h4-5,9-10,15-16H,1-3H2/t9-,10-/m0/s1. The van der Waals surface area contributed by atoms with Crippen LogP contribution in [0.1, 0.15) is 19.3 Å². The summed E-state index contributed by atoms with van der Waals surface area (Å²) in [6.07, 6.45) is 1.76. The molecule has 16 heavy (non-hydrogen) atoms. The number of aliphatic hydroxyl groups is 1. The van der Waals surface area contributed by atoms with Crippen LogP contribution in [0.2, 0.25) is 0 Å².